The van der Waals surface area contributed by atoms with Crippen LogP contribution in [0.1, 0.15) is 24.5 Å². The molecule has 2 heterocycles. The van der Waals surface area contributed by atoms with Crippen molar-refractivity contribution in [3.8, 4) is 0 Å². The van der Waals surface area contributed by atoms with Crippen LogP contribution in [0.25, 0.3) is 0 Å². The lowest BCUT2D eigenvalue weighted by atomic mass is 9.96. The van der Waals surface area contributed by atoms with Crippen molar-refractivity contribution >= 4 is 34.8 Å². The highest BCUT2D eigenvalue weighted by molar-refractivity contribution is 6.33. The Hall–Kier alpha value is -1.79. The number of hydrogen-bond donors (Lipinski definition) is 3. The van der Waals surface area contributed by atoms with Crippen LogP contribution in [0.5, 0.6) is 0 Å². The summed E-state index contributed by atoms with van der Waals surface area (Å²) in [6.45, 7) is 1.29. The van der Waals surface area contributed by atoms with Crippen LogP contribution >= 0.6 is 11.6 Å². The number of hydrogen-bond acceptors (Lipinski definition) is 4. The van der Waals surface area contributed by atoms with Crippen molar-refractivity contribution in [2.75, 3.05) is 23.3 Å². The summed E-state index contributed by atoms with van der Waals surface area (Å²) < 4.78 is 0. The number of anilines is 2. The second-order valence-corrected chi connectivity index (χ2v) is 5.88. The number of nitrogens with two attached hydrogens (primary N) is 1. The number of carbonyl (C=O) groups excluding carboxylic acids is 2. The van der Waals surface area contributed by atoms with Crippen LogP contribution in [0, 0.1) is 5.92 Å². The Labute approximate surface area is 126 Å². The fourth-order valence-corrected chi connectivity index (χ4v) is 3.22. The molecule has 0 radical (unpaired) electrons. The SMILES string of the molecule is NC(=O)C1CCCN(c2cc3c(cc2Cl)C(O)C(=O)N3)C1. The van der Waals surface area contributed by atoms with E-state index in [1.165, 1.54) is 0 Å². The average Bonchev–Trinajstić information content (AvgIpc) is 2.73. The Balaban J connectivity index is 1.91. The highest BCUT2D eigenvalue weighted by Crippen LogP contribution is 2.39. The van der Waals surface area contributed by atoms with E-state index in [4.69, 9.17) is 17.3 Å². The zero-order valence-corrected chi connectivity index (χ0v) is 12.1. The van der Waals surface area contributed by atoms with E-state index in [-0.39, 0.29) is 11.8 Å². The molecule has 2 amide bonds. The second-order valence-electron chi connectivity index (χ2n) is 5.47. The van der Waals surface area contributed by atoms with Crippen molar-refractivity contribution in [3.05, 3.63) is 22.7 Å². The third kappa shape index (κ3) is 2.45. The molecule has 2 aliphatic heterocycles. The molecule has 0 aliphatic carbocycles. The molecule has 21 heavy (non-hydrogen) atoms. The second kappa shape index (κ2) is 5.20. The number of halogens is 1. The van der Waals surface area contributed by atoms with E-state index in [0.717, 1.165) is 25.1 Å². The maximum absolute atomic E-state index is 11.5. The Morgan fingerprint density at radius 3 is 2.95 bits per heavy atom. The van der Waals surface area contributed by atoms with Gasteiger partial charge in [0, 0.05) is 24.3 Å². The third-order valence-corrected chi connectivity index (χ3v) is 4.39. The van der Waals surface area contributed by atoms with Crippen LogP contribution < -0.4 is 16.0 Å². The number of primary amides is 1. The van der Waals surface area contributed by atoms with E-state index in [1.54, 1.807) is 12.1 Å². The van der Waals surface area contributed by atoms with Crippen molar-refractivity contribution in [2.24, 2.45) is 11.7 Å². The van der Waals surface area contributed by atoms with E-state index < -0.39 is 12.0 Å². The molecule has 1 saturated heterocycles. The van der Waals surface area contributed by atoms with Crippen LogP contribution in [0.4, 0.5) is 11.4 Å². The van der Waals surface area contributed by atoms with Crippen LogP contribution in [0.3, 0.4) is 0 Å². The molecule has 0 saturated carbocycles. The Morgan fingerprint density at radius 1 is 1.48 bits per heavy atom. The maximum Gasteiger partial charge on any atom is 0.257 e. The van der Waals surface area contributed by atoms with Crippen LogP contribution in [0.2, 0.25) is 5.02 Å². The molecule has 2 aliphatic rings. The molecule has 4 N–H and O–H groups in total. The number of aliphatic hydroxyl groups is 1. The number of benzene rings is 1. The molecule has 6 nitrogen and oxygen atoms in total. The molecule has 1 fully saturated rings. The zero-order valence-electron chi connectivity index (χ0n) is 11.3. The van der Waals surface area contributed by atoms with Gasteiger partial charge in [0.15, 0.2) is 6.10 Å². The van der Waals surface area contributed by atoms with Gasteiger partial charge in [-0.3, -0.25) is 9.59 Å². The summed E-state index contributed by atoms with van der Waals surface area (Å²) in [5.41, 5.74) is 7.18. The molecule has 7 heteroatoms. The molecule has 3 rings (SSSR count). The highest BCUT2D eigenvalue weighted by Gasteiger charge is 2.31. The van der Waals surface area contributed by atoms with Gasteiger partial charge in [-0.1, -0.05) is 11.6 Å². The molecule has 2 unspecified atom stereocenters. The molecule has 0 bridgehead atoms. The first-order valence-corrected chi connectivity index (χ1v) is 7.22. The third-order valence-electron chi connectivity index (χ3n) is 4.08. The lowest BCUT2D eigenvalue weighted by Crippen LogP contribution is -2.41. The van der Waals surface area contributed by atoms with Crippen molar-refractivity contribution < 1.29 is 14.7 Å². The molecule has 0 spiro atoms. The van der Waals surface area contributed by atoms with Crippen molar-refractivity contribution in [2.45, 2.75) is 18.9 Å². The first-order chi connectivity index (χ1) is 9.97. The molecule has 1 aromatic carbocycles. The zero-order chi connectivity index (χ0) is 15.1. The first-order valence-electron chi connectivity index (χ1n) is 6.84. The summed E-state index contributed by atoms with van der Waals surface area (Å²) in [5, 5.41) is 12.8. The molecule has 0 aromatic heterocycles. The lowest BCUT2D eigenvalue weighted by Gasteiger charge is -2.33. The first kappa shape index (κ1) is 14.2. The number of piperidine rings is 1. The molecular formula is C14H16ClN3O3. The minimum atomic E-state index is -1.17. The fourth-order valence-electron chi connectivity index (χ4n) is 2.92. The molecular weight excluding hydrogens is 294 g/mol. The Bertz CT molecular complexity index is 620. The number of nitrogens with one attached hydrogen (secondary N) is 1. The van der Waals surface area contributed by atoms with Gasteiger partial charge < -0.3 is 21.1 Å². The number of aliphatic hydroxyl groups excluding tert-OH is 1. The van der Waals surface area contributed by atoms with Crippen molar-refractivity contribution in [1.82, 2.24) is 0 Å². The van der Waals surface area contributed by atoms with Gasteiger partial charge in [0.1, 0.15) is 0 Å². The summed E-state index contributed by atoms with van der Waals surface area (Å²) in [4.78, 5) is 24.9. The number of nitrogens with zero attached hydrogens (tertiary/aromatic N) is 1. The van der Waals surface area contributed by atoms with Gasteiger partial charge in [0.25, 0.3) is 5.91 Å². The summed E-state index contributed by atoms with van der Waals surface area (Å²) >= 11 is 6.27. The largest absolute Gasteiger partial charge is 0.378 e. The quantitative estimate of drug-likeness (QED) is 0.760. The number of amides is 2. The topological polar surface area (TPSA) is 95.7 Å². The summed E-state index contributed by atoms with van der Waals surface area (Å²) in [7, 11) is 0. The van der Waals surface area contributed by atoms with Gasteiger partial charge in [-0.15, -0.1) is 0 Å². The van der Waals surface area contributed by atoms with E-state index in [0.29, 0.717) is 22.8 Å². The minimum Gasteiger partial charge on any atom is -0.378 e. The predicted octanol–water partition coefficient (Wildman–Crippen LogP) is 1.03. The number of fused-ring (bicyclic) bond motifs is 1. The summed E-state index contributed by atoms with van der Waals surface area (Å²) in [5.74, 6) is -0.948. The lowest BCUT2D eigenvalue weighted by molar-refractivity contribution is -0.123. The van der Waals surface area contributed by atoms with Gasteiger partial charge in [-0.2, -0.15) is 0 Å². The molecule has 112 valence electrons. The van der Waals surface area contributed by atoms with Crippen molar-refractivity contribution in [3.63, 3.8) is 0 Å². The molecule has 1 aromatic rings. The number of rotatable bonds is 2. The van der Waals surface area contributed by atoms with Crippen LogP contribution in [0.15, 0.2) is 12.1 Å². The maximum atomic E-state index is 11.5. The summed E-state index contributed by atoms with van der Waals surface area (Å²) in [6, 6.07) is 3.35. The summed E-state index contributed by atoms with van der Waals surface area (Å²) in [6.07, 6.45) is 0.464. The highest BCUT2D eigenvalue weighted by atomic mass is 35.5. The predicted molar refractivity (Wildman–Crippen MR) is 79.2 cm³/mol. The Kier molecular flexibility index (Phi) is 3.51. The standard InChI is InChI=1S/C14H16ClN3O3/c15-9-4-8-10(17-14(21)12(8)19)5-11(9)18-3-1-2-7(6-18)13(16)20/h4-5,7,12,19H,1-3,6H2,(H2,16,20)(H,17,21). The average molecular weight is 310 g/mol. The molecule has 2 atom stereocenters. The monoisotopic (exact) mass is 309 g/mol. The van der Waals surface area contributed by atoms with E-state index in [1.807, 2.05) is 4.90 Å². The normalized spacial score (nSPS) is 24.7. The van der Waals surface area contributed by atoms with E-state index in [9.17, 15) is 14.7 Å². The van der Waals surface area contributed by atoms with Crippen LogP contribution in [-0.4, -0.2) is 30.0 Å². The van der Waals surface area contributed by atoms with E-state index >= 15 is 0 Å². The number of carbonyl (C=O) groups is 2. The Morgan fingerprint density at radius 2 is 2.24 bits per heavy atom. The van der Waals surface area contributed by atoms with Gasteiger partial charge in [-0.25, -0.2) is 0 Å². The van der Waals surface area contributed by atoms with Gasteiger partial charge in [-0.05, 0) is 25.0 Å². The van der Waals surface area contributed by atoms with Gasteiger partial charge >= 0.3 is 0 Å². The van der Waals surface area contributed by atoms with Gasteiger partial charge in [0.05, 0.1) is 16.6 Å². The minimum absolute atomic E-state index is 0.191. The smallest absolute Gasteiger partial charge is 0.257 e. The van der Waals surface area contributed by atoms with Crippen molar-refractivity contribution in [1.29, 1.82) is 0 Å². The van der Waals surface area contributed by atoms with E-state index in [2.05, 4.69) is 5.32 Å². The fraction of sp³-hybridized carbons (Fsp3) is 0.429. The van der Waals surface area contributed by atoms with Gasteiger partial charge in [0.2, 0.25) is 5.91 Å². The van der Waals surface area contributed by atoms with Crippen LogP contribution in [-0.2, 0) is 9.59 Å².